The third-order valence-electron chi connectivity index (χ3n) is 0. The third kappa shape index (κ3) is 13.1. The van der Waals surface area contributed by atoms with Crippen LogP contribution in [0.1, 0.15) is 0 Å². The second-order valence-corrected chi connectivity index (χ2v) is 0.300. The van der Waals surface area contributed by atoms with Crippen molar-refractivity contribution in [3.05, 3.63) is 0 Å². The van der Waals surface area contributed by atoms with Gasteiger partial charge < -0.3 is 9.79 Å². The largest absolute Gasteiger partial charge is 0.352 e. The van der Waals surface area contributed by atoms with Gasteiger partial charge in [-0.25, -0.2) is 0 Å². The molecule has 0 aliphatic heterocycles. The Labute approximate surface area is 36.9 Å². The van der Waals surface area contributed by atoms with Crippen molar-refractivity contribution >= 4 is 26.4 Å². The zero-order valence-electron chi connectivity index (χ0n) is 2.39. The number of rotatable bonds is 0. The van der Waals surface area contributed by atoms with Crippen LogP contribution in [0.3, 0.4) is 0 Å². The van der Waals surface area contributed by atoms with Crippen LogP contribution in [0.2, 0.25) is 0 Å². The van der Waals surface area contributed by atoms with E-state index in [0.29, 0.717) is 0 Å². The van der Waals surface area contributed by atoms with E-state index in [1.165, 1.54) is 0 Å². The maximum atomic E-state index is 7.15. The van der Waals surface area contributed by atoms with E-state index in [1.54, 1.807) is 0 Å². The lowest BCUT2D eigenvalue weighted by atomic mass is 15.9. The molecule has 0 fully saturated rings. The van der Waals surface area contributed by atoms with Crippen molar-refractivity contribution in [1.29, 1.82) is 0 Å². The van der Waals surface area contributed by atoms with Crippen LogP contribution >= 0.6 is 9.03 Å². The first-order chi connectivity index (χ1) is 1.41. The van der Waals surface area contributed by atoms with Crippen LogP contribution in [0.5, 0.6) is 0 Å². The lowest BCUT2D eigenvalue weighted by Gasteiger charge is -1.54. The second kappa shape index (κ2) is 9.10. The first-order valence-electron chi connectivity index (χ1n) is 0.447. The van der Waals surface area contributed by atoms with E-state index < -0.39 is 9.03 Å². The molecule has 2 nitrogen and oxygen atoms in total. The van der Waals surface area contributed by atoms with Gasteiger partial charge >= 0.3 is 0 Å². The molecule has 4 heteroatoms. The summed E-state index contributed by atoms with van der Waals surface area (Å²) in [5.41, 5.74) is 0. The average molecular weight is 95.0 g/mol. The zero-order valence-corrected chi connectivity index (χ0v) is 5.39. The summed E-state index contributed by atoms with van der Waals surface area (Å²) in [4.78, 5) is 14.3. The molecule has 0 bridgehead atoms. The van der Waals surface area contributed by atoms with Crippen LogP contribution in [-0.2, 0) is 0 Å². The molecule has 0 unspecified atom stereocenters. The molecule has 0 rings (SSSR count). The highest BCUT2D eigenvalue weighted by Gasteiger charge is 1.34. The van der Waals surface area contributed by atoms with E-state index in [1.807, 2.05) is 0 Å². The summed E-state index contributed by atoms with van der Waals surface area (Å²) < 4.78 is 0. The molecular formula is H5AlO2P. The molecule has 0 saturated heterocycles. The predicted molar refractivity (Wildman–Crippen MR) is 21.3 cm³/mol. The molecule has 0 aliphatic carbocycles. The highest BCUT2D eigenvalue weighted by molar-refractivity contribution is 7.23. The van der Waals surface area contributed by atoms with Gasteiger partial charge in [-0.05, 0) is 0 Å². The smallest absolute Gasteiger partial charge is 0.149 e. The fourth-order valence-electron chi connectivity index (χ4n) is 0. The van der Waals surface area contributed by atoms with Gasteiger partial charge in [0.05, 0.1) is 0 Å². The SMILES string of the molecule is OPO.[AlH2]. The summed E-state index contributed by atoms with van der Waals surface area (Å²) >= 11 is 0. The Bertz CT molecular complexity index is 6.00. The van der Waals surface area contributed by atoms with Gasteiger partial charge in [0.1, 0.15) is 26.4 Å². The van der Waals surface area contributed by atoms with E-state index in [9.17, 15) is 0 Å². The molecule has 0 aromatic rings. The predicted octanol–water partition coefficient (Wildman–Crippen LogP) is -1.44. The van der Waals surface area contributed by atoms with Crippen molar-refractivity contribution in [2.75, 3.05) is 0 Å². The van der Waals surface area contributed by atoms with Crippen LogP contribution < -0.4 is 0 Å². The van der Waals surface area contributed by atoms with Gasteiger partial charge in [-0.1, -0.05) is 0 Å². The standard InChI is InChI=1S/Al.H3O2P.2H/c;1-3-2;;/h;1-3H;;. The Kier molecular flexibility index (Phi) is 20.2. The van der Waals surface area contributed by atoms with Crippen LogP contribution in [0, 0.1) is 0 Å². The maximum absolute atomic E-state index is 7.15. The lowest BCUT2D eigenvalue weighted by molar-refractivity contribution is 0.513. The molecule has 0 spiro atoms. The van der Waals surface area contributed by atoms with Crippen molar-refractivity contribution < 1.29 is 9.79 Å². The molecule has 4 heavy (non-hydrogen) atoms. The molecule has 0 amide bonds. The van der Waals surface area contributed by atoms with Gasteiger partial charge in [0.15, 0.2) is 0 Å². The summed E-state index contributed by atoms with van der Waals surface area (Å²) in [5, 5.41) is 0. The van der Waals surface area contributed by atoms with Crippen molar-refractivity contribution in [3.63, 3.8) is 0 Å². The molecule has 25 valence electrons. The zero-order chi connectivity index (χ0) is 2.71. The summed E-state index contributed by atoms with van der Waals surface area (Å²) in [6.07, 6.45) is 0. The van der Waals surface area contributed by atoms with E-state index in [0.717, 1.165) is 0 Å². The second-order valence-electron chi connectivity index (χ2n) is 0.100. The van der Waals surface area contributed by atoms with Crippen molar-refractivity contribution in [3.8, 4) is 0 Å². The molecule has 0 atom stereocenters. The third-order valence-corrected chi connectivity index (χ3v) is 0. The molecule has 0 aromatic heterocycles. The Morgan fingerprint density at radius 3 is 1.25 bits per heavy atom. The minimum Gasteiger partial charge on any atom is -0.352 e. The molecule has 0 aliphatic rings. The summed E-state index contributed by atoms with van der Waals surface area (Å²) in [6.45, 7) is 0. The highest BCUT2D eigenvalue weighted by atomic mass is 31.1. The first kappa shape index (κ1) is 8.86. The van der Waals surface area contributed by atoms with Crippen LogP contribution in [0.15, 0.2) is 0 Å². The quantitative estimate of drug-likeness (QED) is 0.286. The Morgan fingerprint density at radius 2 is 1.25 bits per heavy atom. The summed E-state index contributed by atoms with van der Waals surface area (Å²) in [5.74, 6) is 0. The van der Waals surface area contributed by atoms with Crippen LogP contribution in [-0.4, -0.2) is 27.1 Å². The van der Waals surface area contributed by atoms with E-state index >= 15 is 0 Å². The minimum atomic E-state index is -0.917. The highest BCUT2D eigenvalue weighted by Crippen LogP contribution is 1.81. The molecule has 0 aromatic carbocycles. The fourth-order valence-corrected chi connectivity index (χ4v) is 0. The molecule has 0 saturated carbocycles. The average Bonchev–Trinajstić information content (AvgIpc) is 0.918. The first-order valence-corrected chi connectivity index (χ1v) is 1.34. The van der Waals surface area contributed by atoms with Gasteiger partial charge in [-0.15, -0.1) is 0 Å². The molecule has 1 radical (unpaired) electrons. The lowest BCUT2D eigenvalue weighted by Crippen LogP contribution is -1.24. The monoisotopic (exact) mass is 95.0 g/mol. The number of hydrogen-bond donors (Lipinski definition) is 2. The van der Waals surface area contributed by atoms with Gasteiger partial charge in [0.25, 0.3) is 0 Å². The van der Waals surface area contributed by atoms with Crippen molar-refractivity contribution in [2.45, 2.75) is 0 Å². The number of hydrogen-bond acceptors (Lipinski definition) is 2. The fraction of sp³-hybridized carbons (Fsp3) is 0. The van der Waals surface area contributed by atoms with Gasteiger partial charge in [-0.2, -0.15) is 0 Å². The molecular weight excluding hydrogens is 90.0 g/mol. The Balaban J connectivity index is 0. The van der Waals surface area contributed by atoms with Crippen molar-refractivity contribution in [1.82, 2.24) is 0 Å². The summed E-state index contributed by atoms with van der Waals surface area (Å²) in [6, 6.07) is 0. The Hall–Kier alpha value is 0.882. The normalized spacial score (nSPS) is 4.50. The van der Waals surface area contributed by atoms with Crippen LogP contribution in [0.4, 0.5) is 0 Å². The van der Waals surface area contributed by atoms with Gasteiger partial charge in [0.2, 0.25) is 0 Å². The minimum absolute atomic E-state index is 0. The van der Waals surface area contributed by atoms with E-state index in [2.05, 4.69) is 0 Å². The molecule has 2 N–H and O–H groups in total. The van der Waals surface area contributed by atoms with Gasteiger partial charge in [-0.3, -0.25) is 0 Å². The van der Waals surface area contributed by atoms with E-state index in [4.69, 9.17) is 9.79 Å². The van der Waals surface area contributed by atoms with E-state index in [-0.39, 0.29) is 17.4 Å². The van der Waals surface area contributed by atoms with Crippen LogP contribution in [0.25, 0.3) is 0 Å². The van der Waals surface area contributed by atoms with Gasteiger partial charge in [0, 0.05) is 0 Å². The topological polar surface area (TPSA) is 40.5 Å². The summed E-state index contributed by atoms with van der Waals surface area (Å²) in [7, 11) is -0.917. The molecule has 0 heterocycles. The maximum Gasteiger partial charge on any atom is 0.149 e. The van der Waals surface area contributed by atoms with Crippen molar-refractivity contribution in [2.24, 2.45) is 0 Å². The Morgan fingerprint density at radius 1 is 1.25 bits per heavy atom.